The molecule has 154 valence electrons. The summed E-state index contributed by atoms with van der Waals surface area (Å²) in [6.45, 7) is 5.75. The molecule has 0 heterocycles. The van der Waals surface area contributed by atoms with Crippen molar-refractivity contribution in [2.75, 3.05) is 13.7 Å². The van der Waals surface area contributed by atoms with Crippen LogP contribution in [0.4, 0.5) is 0 Å². The molecule has 28 heavy (non-hydrogen) atoms. The Morgan fingerprint density at radius 2 is 1.96 bits per heavy atom. The molecule has 1 saturated carbocycles. The molecule has 0 spiro atoms. The molecule has 6 nitrogen and oxygen atoms in total. The summed E-state index contributed by atoms with van der Waals surface area (Å²) in [6.07, 6.45) is 7.40. The van der Waals surface area contributed by atoms with Gasteiger partial charge in [0.2, 0.25) is 0 Å². The van der Waals surface area contributed by atoms with Crippen molar-refractivity contribution < 1.29 is 23.8 Å². The Bertz CT molecular complexity index is 698. The van der Waals surface area contributed by atoms with E-state index >= 15 is 0 Å². The average Bonchev–Trinajstić information content (AvgIpc) is 2.67. The van der Waals surface area contributed by atoms with Crippen molar-refractivity contribution in [2.45, 2.75) is 58.6 Å². The largest absolute Gasteiger partial charge is 0.493 e. The summed E-state index contributed by atoms with van der Waals surface area (Å²) in [5.74, 6) is 0.882. The number of carbonyl (C=O) groups is 2. The molecule has 1 N–H and O–H groups in total. The molecule has 0 bridgehead atoms. The first kappa shape index (κ1) is 21.8. The highest BCUT2D eigenvalue weighted by Crippen LogP contribution is 2.29. The van der Waals surface area contributed by atoms with E-state index in [1.165, 1.54) is 12.5 Å². The van der Waals surface area contributed by atoms with Crippen LogP contribution in [0.5, 0.6) is 11.5 Å². The highest BCUT2D eigenvalue weighted by molar-refractivity contribution is 5.89. The van der Waals surface area contributed by atoms with Crippen LogP contribution in [-0.4, -0.2) is 37.7 Å². The molecule has 0 saturated heterocycles. The minimum Gasteiger partial charge on any atom is -0.493 e. The van der Waals surface area contributed by atoms with Gasteiger partial charge in [0.1, 0.15) is 0 Å². The molecule has 0 radical (unpaired) electrons. The van der Waals surface area contributed by atoms with E-state index in [4.69, 9.17) is 14.2 Å². The smallest absolute Gasteiger partial charge is 0.331 e. The van der Waals surface area contributed by atoms with Crippen LogP contribution in [-0.2, 0) is 14.3 Å². The monoisotopic (exact) mass is 389 g/mol. The molecule has 0 unspecified atom stereocenters. The number of rotatable bonds is 8. The van der Waals surface area contributed by atoms with Crippen LogP contribution in [0.1, 0.15) is 52.0 Å². The van der Waals surface area contributed by atoms with E-state index in [0.717, 1.165) is 24.8 Å². The Hall–Kier alpha value is -2.50. The van der Waals surface area contributed by atoms with Gasteiger partial charge in [-0.25, -0.2) is 4.79 Å². The van der Waals surface area contributed by atoms with Crippen LogP contribution in [0.15, 0.2) is 24.3 Å². The number of ether oxygens (including phenoxy) is 3. The number of esters is 1. The quantitative estimate of drug-likeness (QED) is 0.542. The van der Waals surface area contributed by atoms with E-state index in [2.05, 4.69) is 12.2 Å². The molecule has 6 heteroatoms. The van der Waals surface area contributed by atoms with Crippen LogP contribution in [0.2, 0.25) is 0 Å². The number of hydrogen-bond acceptors (Lipinski definition) is 5. The van der Waals surface area contributed by atoms with Gasteiger partial charge < -0.3 is 19.5 Å². The Morgan fingerprint density at radius 3 is 2.64 bits per heavy atom. The average molecular weight is 389 g/mol. The highest BCUT2D eigenvalue weighted by atomic mass is 16.5. The second-order valence-electron chi connectivity index (χ2n) is 7.45. The normalized spacial score (nSPS) is 19.5. The first-order chi connectivity index (χ1) is 13.4. The van der Waals surface area contributed by atoms with E-state index in [1.54, 1.807) is 25.3 Å². The summed E-state index contributed by atoms with van der Waals surface area (Å²) in [7, 11) is 1.57. The molecular formula is C22H31NO5. The topological polar surface area (TPSA) is 73.9 Å². The second-order valence-corrected chi connectivity index (χ2v) is 7.45. The fraction of sp³-hybridized carbons (Fsp3) is 0.545. The molecule has 1 aromatic rings. The fourth-order valence-electron chi connectivity index (χ4n) is 3.27. The van der Waals surface area contributed by atoms with Crippen LogP contribution in [0, 0.1) is 5.92 Å². The molecule has 1 aliphatic carbocycles. The van der Waals surface area contributed by atoms with E-state index in [1.807, 2.05) is 19.9 Å². The Kier molecular flexibility index (Phi) is 8.36. The van der Waals surface area contributed by atoms with Crippen molar-refractivity contribution in [2.24, 2.45) is 5.92 Å². The Morgan fingerprint density at radius 1 is 1.21 bits per heavy atom. The molecule has 1 fully saturated rings. The summed E-state index contributed by atoms with van der Waals surface area (Å²) < 4.78 is 16.0. The van der Waals surface area contributed by atoms with Gasteiger partial charge in [0.05, 0.1) is 13.2 Å². The van der Waals surface area contributed by atoms with E-state index in [-0.39, 0.29) is 24.7 Å². The zero-order valence-electron chi connectivity index (χ0n) is 17.2. The molecule has 2 atom stereocenters. The van der Waals surface area contributed by atoms with Gasteiger partial charge >= 0.3 is 5.97 Å². The summed E-state index contributed by atoms with van der Waals surface area (Å²) in [5, 5.41) is 2.96. The van der Waals surface area contributed by atoms with E-state index in [9.17, 15) is 9.59 Å². The number of benzene rings is 1. The summed E-state index contributed by atoms with van der Waals surface area (Å²) in [4.78, 5) is 23.9. The summed E-state index contributed by atoms with van der Waals surface area (Å²) in [6, 6.07) is 5.57. The minimum absolute atomic E-state index is 0.0352. The third-order valence-electron chi connectivity index (χ3n) is 4.77. The van der Waals surface area contributed by atoms with Gasteiger partial charge in [0, 0.05) is 12.1 Å². The van der Waals surface area contributed by atoms with E-state index < -0.39 is 5.97 Å². The van der Waals surface area contributed by atoms with Crippen molar-refractivity contribution in [3.63, 3.8) is 0 Å². The molecule has 2 rings (SSSR count). The number of amides is 1. The van der Waals surface area contributed by atoms with Crippen LogP contribution >= 0.6 is 0 Å². The maximum atomic E-state index is 12.0. The molecule has 0 aliphatic heterocycles. The lowest BCUT2D eigenvalue weighted by Gasteiger charge is -2.29. The fourth-order valence-corrected chi connectivity index (χ4v) is 3.27. The van der Waals surface area contributed by atoms with Crippen molar-refractivity contribution in [3.05, 3.63) is 29.8 Å². The van der Waals surface area contributed by atoms with Crippen LogP contribution in [0.3, 0.4) is 0 Å². The van der Waals surface area contributed by atoms with Gasteiger partial charge in [-0.1, -0.05) is 25.8 Å². The van der Waals surface area contributed by atoms with Crippen molar-refractivity contribution in [3.8, 4) is 11.5 Å². The number of carbonyl (C=O) groups excluding carboxylic acids is 2. The highest BCUT2D eigenvalue weighted by Gasteiger charge is 2.22. The lowest BCUT2D eigenvalue weighted by molar-refractivity contribution is -0.144. The van der Waals surface area contributed by atoms with Crippen molar-refractivity contribution in [1.82, 2.24) is 5.32 Å². The van der Waals surface area contributed by atoms with Gasteiger partial charge in [-0.2, -0.15) is 0 Å². The lowest BCUT2D eigenvalue weighted by atomic mass is 9.86. The first-order valence-electron chi connectivity index (χ1n) is 9.88. The van der Waals surface area contributed by atoms with Gasteiger partial charge in [-0.15, -0.1) is 0 Å². The Labute approximate surface area is 167 Å². The van der Waals surface area contributed by atoms with Gasteiger partial charge in [0.15, 0.2) is 18.1 Å². The zero-order valence-corrected chi connectivity index (χ0v) is 17.2. The predicted octanol–water partition coefficient (Wildman–Crippen LogP) is 3.73. The third kappa shape index (κ3) is 6.91. The third-order valence-corrected chi connectivity index (χ3v) is 4.77. The Balaban J connectivity index is 1.83. The van der Waals surface area contributed by atoms with Gasteiger partial charge in [-0.3, -0.25) is 4.79 Å². The first-order valence-corrected chi connectivity index (χ1v) is 9.88. The molecular weight excluding hydrogens is 358 g/mol. The van der Waals surface area contributed by atoms with Gasteiger partial charge in [0.25, 0.3) is 5.91 Å². The van der Waals surface area contributed by atoms with Gasteiger partial charge in [-0.05, 0) is 56.4 Å². The number of hydrogen-bond donors (Lipinski definition) is 1. The van der Waals surface area contributed by atoms with Crippen molar-refractivity contribution in [1.29, 1.82) is 0 Å². The SMILES string of the molecule is COc1cc(/C=C/C(=O)OCC(=O)N[C@H]2CCCC[C@H]2C)ccc1OC(C)C. The lowest BCUT2D eigenvalue weighted by Crippen LogP contribution is -2.42. The predicted molar refractivity (Wildman–Crippen MR) is 108 cm³/mol. The van der Waals surface area contributed by atoms with E-state index in [0.29, 0.717) is 17.4 Å². The van der Waals surface area contributed by atoms with Crippen molar-refractivity contribution >= 4 is 18.0 Å². The zero-order chi connectivity index (χ0) is 20.5. The maximum absolute atomic E-state index is 12.0. The molecule has 1 aliphatic rings. The molecule has 0 aromatic heterocycles. The maximum Gasteiger partial charge on any atom is 0.331 e. The summed E-state index contributed by atoms with van der Waals surface area (Å²) >= 11 is 0. The minimum atomic E-state index is -0.562. The number of nitrogens with one attached hydrogen (secondary N) is 1. The van der Waals surface area contributed by atoms with Crippen LogP contribution in [0.25, 0.3) is 6.08 Å². The van der Waals surface area contributed by atoms with Crippen LogP contribution < -0.4 is 14.8 Å². The number of methoxy groups -OCH3 is 1. The summed E-state index contributed by atoms with van der Waals surface area (Å²) in [5.41, 5.74) is 0.769. The second kappa shape index (κ2) is 10.7. The molecule has 1 amide bonds. The molecule has 1 aromatic carbocycles. The standard InChI is InChI=1S/C22H31NO5/c1-15(2)28-19-11-9-17(13-20(19)26-4)10-12-22(25)27-14-21(24)23-18-8-6-5-7-16(18)3/h9-13,15-16,18H,5-8,14H2,1-4H3,(H,23,24)/b12-10+/t16-,18+/m1/s1.